The van der Waals surface area contributed by atoms with Crippen molar-refractivity contribution in [2.24, 2.45) is 5.73 Å². The smallest absolute Gasteiger partial charge is 0.251 e. The van der Waals surface area contributed by atoms with Gasteiger partial charge in [0.15, 0.2) is 0 Å². The summed E-state index contributed by atoms with van der Waals surface area (Å²) < 4.78 is 0.931. The number of nitrogens with two attached hydrogens (primary N) is 1. The lowest BCUT2D eigenvalue weighted by atomic mass is 9.91. The van der Waals surface area contributed by atoms with Crippen LogP contribution >= 0.6 is 15.9 Å². The highest BCUT2D eigenvalue weighted by atomic mass is 79.9. The molecule has 2 rings (SSSR count). The van der Waals surface area contributed by atoms with Crippen LogP contribution in [0.5, 0.6) is 0 Å². The van der Waals surface area contributed by atoms with Crippen molar-refractivity contribution >= 4 is 21.8 Å². The Hall–Kier alpha value is -0.870. The highest BCUT2D eigenvalue weighted by Gasteiger charge is 2.23. The molecule has 2 unspecified atom stereocenters. The molecule has 1 aromatic rings. The lowest BCUT2D eigenvalue weighted by Crippen LogP contribution is -2.49. The minimum Gasteiger partial charge on any atom is -0.348 e. The number of carbonyl (C=O) groups is 1. The number of nitrogens with one attached hydrogen (secondary N) is 1. The summed E-state index contributed by atoms with van der Waals surface area (Å²) in [5, 5.41) is 3.05. The number of rotatable bonds is 2. The average molecular weight is 311 g/mol. The molecule has 0 bridgehead atoms. The van der Waals surface area contributed by atoms with Crippen LogP contribution < -0.4 is 11.1 Å². The largest absolute Gasteiger partial charge is 0.348 e. The second-order valence-corrected chi connectivity index (χ2v) is 5.96. The van der Waals surface area contributed by atoms with Gasteiger partial charge < -0.3 is 11.1 Å². The van der Waals surface area contributed by atoms with Gasteiger partial charge in [0.05, 0.1) is 0 Å². The first-order valence-electron chi connectivity index (χ1n) is 6.40. The third-order valence-corrected chi connectivity index (χ3v) is 3.90. The van der Waals surface area contributed by atoms with Gasteiger partial charge in [-0.3, -0.25) is 4.79 Å². The summed E-state index contributed by atoms with van der Waals surface area (Å²) in [7, 11) is 0. The summed E-state index contributed by atoms with van der Waals surface area (Å²) in [5.41, 5.74) is 7.81. The van der Waals surface area contributed by atoms with Crippen LogP contribution in [0.2, 0.25) is 0 Å². The van der Waals surface area contributed by atoms with E-state index in [4.69, 9.17) is 5.73 Å². The van der Waals surface area contributed by atoms with E-state index in [0.29, 0.717) is 5.56 Å². The van der Waals surface area contributed by atoms with E-state index in [2.05, 4.69) is 21.2 Å². The molecular weight excluding hydrogens is 292 g/mol. The van der Waals surface area contributed by atoms with Crippen molar-refractivity contribution in [3.8, 4) is 0 Å². The molecule has 2 atom stereocenters. The van der Waals surface area contributed by atoms with Gasteiger partial charge in [0, 0.05) is 22.1 Å². The van der Waals surface area contributed by atoms with Gasteiger partial charge in [-0.05, 0) is 43.5 Å². The summed E-state index contributed by atoms with van der Waals surface area (Å²) in [6.45, 7) is 1.98. The van der Waals surface area contributed by atoms with E-state index in [1.807, 2.05) is 25.1 Å². The fourth-order valence-corrected chi connectivity index (χ4v) is 3.07. The maximum atomic E-state index is 12.2. The van der Waals surface area contributed by atoms with Crippen LogP contribution in [0.3, 0.4) is 0 Å². The fourth-order valence-electron chi connectivity index (χ4n) is 2.46. The molecule has 4 heteroatoms. The minimum absolute atomic E-state index is 0.0262. The van der Waals surface area contributed by atoms with Gasteiger partial charge in [-0.25, -0.2) is 0 Å². The zero-order chi connectivity index (χ0) is 13.1. The zero-order valence-corrected chi connectivity index (χ0v) is 12.2. The van der Waals surface area contributed by atoms with Crippen LogP contribution in [0.4, 0.5) is 0 Å². The molecule has 0 aliphatic heterocycles. The molecule has 0 aromatic heterocycles. The van der Waals surface area contributed by atoms with E-state index >= 15 is 0 Å². The van der Waals surface area contributed by atoms with E-state index in [1.165, 1.54) is 6.42 Å². The monoisotopic (exact) mass is 310 g/mol. The molecule has 1 amide bonds. The summed E-state index contributed by atoms with van der Waals surface area (Å²) in [5.74, 6) is -0.0262. The third-order valence-electron chi connectivity index (χ3n) is 3.44. The van der Waals surface area contributed by atoms with Gasteiger partial charge >= 0.3 is 0 Å². The standard InChI is InChI=1S/C14H19BrN2O/c1-9-6-10(8-11(15)7-9)14(18)17-13-5-3-2-4-12(13)16/h6-8,12-13H,2-5,16H2,1H3,(H,17,18). The molecule has 0 spiro atoms. The van der Waals surface area contributed by atoms with E-state index < -0.39 is 0 Å². The van der Waals surface area contributed by atoms with Crippen LogP contribution in [0.25, 0.3) is 0 Å². The Balaban J connectivity index is 2.06. The third kappa shape index (κ3) is 3.33. The second-order valence-electron chi connectivity index (χ2n) is 5.05. The second kappa shape index (κ2) is 5.85. The van der Waals surface area contributed by atoms with Crippen LogP contribution in [0.1, 0.15) is 41.6 Å². The predicted octanol–water partition coefficient (Wildman–Crippen LogP) is 2.76. The molecule has 3 N–H and O–H groups in total. The fraction of sp³-hybridized carbons (Fsp3) is 0.500. The van der Waals surface area contributed by atoms with Gasteiger partial charge in [0.2, 0.25) is 0 Å². The number of benzene rings is 1. The van der Waals surface area contributed by atoms with Crippen molar-refractivity contribution in [3.05, 3.63) is 33.8 Å². The SMILES string of the molecule is Cc1cc(Br)cc(C(=O)NC2CCCCC2N)c1. The number of amides is 1. The zero-order valence-electron chi connectivity index (χ0n) is 10.6. The van der Waals surface area contributed by atoms with Crippen LogP contribution in [-0.4, -0.2) is 18.0 Å². The highest BCUT2D eigenvalue weighted by Crippen LogP contribution is 2.19. The van der Waals surface area contributed by atoms with Crippen LogP contribution in [-0.2, 0) is 0 Å². The number of aryl methyl sites for hydroxylation is 1. The molecule has 1 fully saturated rings. The Morgan fingerprint density at radius 2 is 2.06 bits per heavy atom. The molecule has 1 aliphatic rings. The van der Waals surface area contributed by atoms with Gasteiger partial charge in [-0.2, -0.15) is 0 Å². The first kappa shape index (κ1) is 13.6. The Labute approximate surface area is 116 Å². The van der Waals surface area contributed by atoms with Crippen molar-refractivity contribution in [3.63, 3.8) is 0 Å². The first-order valence-corrected chi connectivity index (χ1v) is 7.19. The van der Waals surface area contributed by atoms with E-state index in [-0.39, 0.29) is 18.0 Å². The molecule has 3 nitrogen and oxygen atoms in total. The van der Waals surface area contributed by atoms with E-state index in [9.17, 15) is 4.79 Å². The molecule has 1 aliphatic carbocycles. The van der Waals surface area contributed by atoms with Crippen molar-refractivity contribution < 1.29 is 4.79 Å². The predicted molar refractivity (Wildman–Crippen MR) is 76.6 cm³/mol. The Morgan fingerprint density at radius 1 is 1.33 bits per heavy atom. The lowest BCUT2D eigenvalue weighted by molar-refractivity contribution is 0.0921. The first-order chi connectivity index (χ1) is 8.56. The van der Waals surface area contributed by atoms with Crippen LogP contribution in [0.15, 0.2) is 22.7 Å². The van der Waals surface area contributed by atoms with Gasteiger partial charge in [-0.15, -0.1) is 0 Å². The number of hydrogen-bond acceptors (Lipinski definition) is 2. The molecule has 1 aromatic carbocycles. The summed E-state index contributed by atoms with van der Waals surface area (Å²) in [6, 6.07) is 5.94. The highest BCUT2D eigenvalue weighted by molar-refractivity contribution is 9.10. The minimum atomic E-state index is -0.0262. The molecular formula is C14H19BrN2O. The van der Waals surface area contributed by atoms with Crippen molar-refractivity contribution in [2.75, 3.05) is 0 Å². The van der Waals surface area contributed by atoms with Gasteiger partial charge in [0.25, 0.3) is 5.91 Å². The average Bonchev–Trinajstić information content (AvgIpc) is 2.31. The normalized spacial score (nSPS) is 23.7. The molecule has 1 saturated carbocycles. The number of hydrogen-bond donors (Lipinski definition) is 2. The summed E-state index contributed by atoms with van der Waals surface area (Å²) in [6.07, 6.45) is 4.31. The van der Waals surface area contributed by atoms with E-state index in [1.54, 1.807) is 0 Å². The molecule has 18 heavy (non-hydrogen) atoms. The lowest BCUT2D eigenvalue weighted by Gasteiger charge is -2.29. The molecule has 0 heterocycles. The van der Waals surface area contributed by atoms with E-state index in [0.717, 1.165) is 29.3 Å². The van der Waals surface area contributed by atoms with Crippen molar-refractivity contribution in [1.29, 1.82) is 0 Å². The number of carbonyl (C=O) groups excluding carboxylic acids is 1. The van der Waals surface area contributed by atoms with Crippen molar-refractivity contribution in [2.45, 2.75) is 44.7 Å². The Bertz CT molecular complexity index is 427. The molecule has 98 valence electrons. The Morgan fingerprint density at radius 3 is 2.72 bits per heavy atom. The number of halogens is 1. The van der Waals surface area contributed by atoms with Crippen LogP contribution in [0, 0.1) is 6.92 Å². The molecule has 0 saturated heterocycles. The van der Waals surface area contributed by atoms with Crippen molar-refractivity contribution in [1.82, 2.24) is 5.32 Å². The molecule has 0 radical (unpaired) electrons. The van der Waals surface area contributed by atoms with Gasteiger partial charge in [-0.1, -0.05) is 28.8 Å². The quantitative estimate of drug-likeness (QED) is 0.882. The maximum Gasteiger partial charge on any atom is 0.251 e. The maximum absolute atomic E-state index is 12.2. The van der Waals surface area contributed by atoms with Gasteiger partial charge in [0.1, 0.15) is 0 Å². The Kier molecular flexibility index (Phi) is 4.40. The summed E-state index contributed by atoms with van der Waals surface area (Å²) in [4.78, 5) is 12.2. The topological polar surface area (TPSA) is 55.1 Å². The summed E-state index contributed by atoms with van der Waals surface area (Å²) >= 11 is 3.41.